The largest absolute Gasteiger partial charge is 0.389 e. The van der Waals surface area contributed by atoms with Gasteiger partial charge in [-0.1, -0.05) is 6.92 Å². The number of aliphatic hydroxyl groups is 1. The molecule has 2 aliphatic rings. The van der Waals surface area contributed by atoms with Crippen LogP contribution in [0.15, 0.2) is 0 Å². The van der Waals surface area contributed by atoms with E-state index < -0.39 is 5.60 Å². The lowest BCUT2D eigenvalue weighted by Gasteiger charge is -2.27. The van der Waals surface area contributed by atoms with E-state index in [1.165, 1.54) is 12.8 Å². The predicted octanol–water partition coefficient (Wildman–Crippen LogP) is 1.06. The van der Waals surface area contributed by atoms with Crippen molar-refractivity contribution < 1.29 is 9.84 Å². The molecule has 4 unspecified atom stereocenters. The van der Waals surface area contributed by atoms with E-state index in [1.54, 1.807) is 0 Å². The normalized spacial score (nSPS) is 40.1. The van der Waals surface area contributed by atoms with Gasteiger partial charge < -0.3 is 15.2 Å². The number of nitrogens with one attached hydrogen (secondary N) is 1. The van der Waals surface area contributed by atoms with Crippen molar-refractivity contribution in [2.75, 3.05) is 6.54 Å². The molecule has 2 N–H and O–H groups in total. The van der Waals surface area contributed by atoms with Crippen LogP contribution < -0.4 is 5.32 Å². The lowest BCUT2D eigenvalue weighted by atomic mass is 9.94. The summed E-state index contributed by atoms with van der Waals surface area (Å²) < 4.78 is 5.74. The van der Waals surface area contributed by atoms with Gasteiger partial charge in [0.1, 0.15) is 0 Å². The molecule has 0 radical (unpaired) electrons. The minimum Gasteiger partial charge on any atom is -0.389 e. The second-order valence-corrected chi connectivity index (χ2v) is 4.95. The molecule has 2 rings (SSSR count). The smallest absolute Gasteiger partial charge is 0.0741 e. The quantitative estimate of drug-likeness (QED) is 0.711. The number of fused-ring (bicyclic) bond motifs is 2. The first-order valence-electron chi connectivity index (χ1n) is 5.72. The summed E-state index contributed by atoms with van der Waals surface area (Å²) in [5, 5.41) is 13.3. The Hall–Kier alpha value is -0.120. The van der Waals surface area contributed by atoms with Crippen molar-refractivity contribution in [2.24, 2.45) is 0 Å². The van der Waals surface area contributed by atoms with Gasteiger partial charge in [-0.05, 0) is 32.6 Å². The Balaban J connectivity index is 1.77. The zero-order valence-electron chi connectivity index (χ0n) is 9.12. The van der Waals surface area contributed by atoms with Crippen LogP contribution in [-0.2, 0) is 4.74 Å². The molecule has 0 aromatic heterocycles. The van der Waals surface area contributed by atoms with E-state index in [0.29, 0.717) is 24.8 Å². The predicted molar refractivity (Wildman–Crippen MR) is 55.2 cm³/mol. The van der Waals surface area contributed by atoms with Crippen molar-refractivity contribution in [3.63, 3.8) is 0 Å². The fraction of sp³-hybridized carbons (Fsp3) is 1.00. The molecule has 2 bridgehead atoms. The zero-order chi connectivity index (χ0) is 10.2. The summed E-state index contributed by atoms with van der Waals surface area (Å²) in [6, 6.07) is 0.478. The van der Waals surface area contributed by atoms with Crippen LogP contribution in [0.3, 0.4) is 0 Å². The summed E-state index contributed by atoms with van der Waals surface area (Å²) in [4.78, 5) is 0. The number of rotatable bonds is 4. The maximum Gasteiger partial charge on any atom is 0.0741 e. The van der Waals surface area contributed by atoms with Crippen molar-refractivity contribution in [3.8, 4) is 0 Å². The third-order valence-electron chi connectivity index (χ3n) is 3.61. The van der Waals surface area contributed by atoms with Crippen molar-refractivity contribution in [3.05, 3.63) is 0 Å². The molecule has 2 heterocycles. The number of hydrogen-bond donors (Lipinski definition) is 2. The van der Waals surface area contributed by atoms with Crippen LogP contribution in [0.25, 0.3) is 0 Å². The second-order valence-electron chi connectivity index (χ2n) is 4.95. The molecule has 14 heavy (non-hydrogen) atoms. The Labute approximate surface area is 85.8 Å². The molecule has 3 nitrogen and oxygen atoms in total. The number of hydrogen-bond acceptors (Lipinski definition) is 3. The van der Waals surface area contributed by atoms with E-state index >= 15 is 0 Å². The Bertz CT molecular complexity index is 205. The summed E-state index contributed by atoms with van der Waals surface area (Å²) in [5.74, 6) is 0. The molecule has 0 aromatic rings. The van der Waals surface area contributed by atoms with Crippen molar-refractivity contribution >= 4 is 0 Å². The van der Waals surface area contributed by atoms with Gasteiger partial charge in [-0.2, -0.15) is 0 Å². The molecular weight excluding hydrogens is 178 g/mol. The zero-order valence-corrected chi connectivity index (χ0v) is 9.12. The fourth-order valence-electron chi connectivity index (χ4n) is 2.33. The summed E-state index contributed by atoms with van der Waals surface area (Å²) in [5.41, 5.74) is -0.568. The topological polar surface area (TPSA) is 41.5 Å². The van der Waals surface area contributed by atoms with Gasteiger partial charge in [-0.25, -0.2) is 0 Å². The van der Waals surface area contributed by atoms with E-state index in [9.17, 15) is 5.11 Å². The third-order valence-corrected chi connectivity index (χ3v) is 3.61. The lowest BCUT2D eigenvalue weighted by molar-refractivity contribution is 0.0474. The summed E-state index contributed by atoms with van der Waals surface area (Å²) >= 11 is 0. The van der Waals surface area contributed by atoms with Crippen LogP contribution in [0.5, 0.6) is 0 Å². The van der Waals surface area contributed by atoms with Crippen molar-refractivity contribution in [2.45, 2.75) is 63.4 Å². The highest BCUT2D eigenvalue weighted by Crippen LogP contribution is 2.34. The molecule has 0 aliphatic carbocycles. The fourth-order valence-corrected chi connectivity index (χ4v) is 2.33. The highest BCUT2D eigenvalue weighted by Gasteiger charge is 2.40. The van der Waals surface area contributed by atoms with Gasteiger partial charge in [0.15, 0.2) is 0 Å². The molecular formula is C11H21NO2. The van der Waals surface area contributed by atoms with Crippen LogP contribution in [0.2, 0.25) is 0 Å². The van der Waals surface area contributed by atoms with Gasteiger partial charge in [-0.3, -0.25) is 0 Å². The minimum atomic E-state index is -0.568. The monoisotopic (exact) mass is 199 g/mol. The molecule has 0 saturated carbocycles. The molecule has 2 aliphatic heterocycles. The molecule has 0 spiro atoms. The molecule has 4 atom stereocenters. The Morgan fingerprint density at radius 1 is 1.50 bits per heavy atom. The summed E-state index contributed by atoms with van der Waals surface area (Å²) in [6.45, 7) is 4.58. The average molecular weight is 199 g/mol. The molecule has 0 amide bonds. The van der Waals surface area contributed by atoms with Crippen LogP contribution in [0.4, 0.5) is 0 Å². The van der Waals surface area contributed by atoms with E-state index in [0.717, 1.165) is 12.8 Å². The van der Waals surface area contributed by atoms with E-state index in [1.807, 2.05) is 13.8 Å². The lowest BCUT2D eigenvalue weighted by Crippen LogP contribution is -2.45. The van der Waals surface area contributed by atoms with Crippen LogP contribution >= 0.6 is 0 Å². The van der Waals surface area contributed by atoms with Gasteiger partial charge in [0.25, 0.3) is 0 Å². The Kier molecular flexibility index (Phi) is 2.82. The maximum atomic E-state index is 9.85. The van der Waals surface area contributed by atoms with E-state index in [2.05, 4.69) is 5.32 Å². The Morgan fingerprint density at radius 2 is 2.29 bits per heavy atom. The third kappa shape index (κ3) is 2.10. The molecule has 2 saturated heterocycles. The first kappa shape index (κ1) is 10.4. The van der Waals surface area contributed by atoms with Gasteiger partial charge in [0.05, 0.1) is 17.8 Å². The van der Waals surface area contributed by atoms with Gasteiger partial charge in [-0.15, -0.1) is 0 Å². The molecule has 0 aromatic carbocycles. The van der Waals surface area contributed by atoms with Crippen molar-refractivity contribution in [1.82, 2.24) is 5.32 Å². The van der Waals surface area contributed by atoms with Crippen molar-refractivity contribution in [1.29, 1.82) is 0 Å². The SMILES string of the molecule is CCC(C)(O)CNC1CC2CCC1O2. The van der Waals surface area contributed by atoms with E-state index in [-0.39, 0.29) is 0 Å². The highest BCUT2D eigenvalue weighted by molar-refractivity contribution is 4.94. The highest BCUT2D eigenvalue weighted by atomic mass is 16.5. The second kappa shape index (κ2) is 3.80. The average Bonchev–Trinajstić information content (AvgIpc) is 2.76. The standard InChI is InChI=1S/C11H21NO2/c1-3-11(2,13)7-12-9-6-8-4-5-10(9)14-8/h8-10,12-13H,3-7H2,1-2H3. The van der Waals surface area contributed by atoms with E-state index in [4.69, 9.17) is 4.74 Å². The molecule has 2 fully saturated rings. The van der Waals surface area contributed by atoms with Crippen LogP contribution in [-0.4, -0.2) is 35.5 Å². The van der Waals surface area contributed by atoms with Gasteiger partial charge in [0, 0.05) is 12.6 Å². The molecule has 3 heteroatoms. The van der Waals surface area contributed by atoms with Gasteiger partial charge >= 0.3 is 0 Å². The minimum absolute atomic E-state index is 0.410. The van der Waals surface area contributed by atoms with Gasteiger partial charge in [0.2, 0.25) is 0 Å². The van der Waals surface area contributed by atoms with Crippen LogP contribution in [0.1, 0.15) is 39.5 Å². The van der Waals surface area contributed by atoms with Crippen LogP contribution in [0, 0.1) is 0 Å². The Morgan fingerprint density at radius 3 is 2.79 bits per heavy atom. The maximum absolute atomic E-state index is 9.85. The first-order chi connectivity index (χ1) is 6.61. The molecule has 82 valence electrons. The summed E-state index contributed by atoms with van der Waals surface area (Å²) in [7, 11) is 0. The first-order valence-corrected chi connectivity index (χ1v) is 5.72. The summed E-state index contributed by atoms with van der Waals surface area (Å²) in [6.07, 6.45) is 5.24. The number of ether oxygens (including phenoxy) is 1.